The van der Waals surface area contributed by atoms with E-state index in [4.69, 9.17) is 44.5 Å². The third kappa shape index (κ3) is 14.1. The first-order valence-electron chi connectivity index (χ1n) is 11.3. The molecule has 0 aliphatic carbocycles. The molecule has 1 aliphatic heterocycles. The SMILES string of the molecule is O=C(CCN([O-])O)OC[C@H]1O[C@@H](O)[C@H](OC(=O)CCN([O-])O)[C@@H](OC(=O)CCN([O-])O)[C@@H]1OC(=O)CCN([O-])O. The Labute approximate surface area is 224 Å². The van der Waals surface area contributed by atoms with E-state index in [0.717, 1.165) is 0 Å². The van der Waals surface area contributed by atoms with Crippen LogP contribution in [0.4, 0.5) is 0 Å². The number of esters is 4. The van der Waals surface area contributed by atoms with Gasteiger partial charge in [0.25, 0.3) is 0 Å². The van der Waals surface area contributed by atoms with Crippen molar-refractivity contribution in [3.8, 4) is 0 Å². The number of hydroxylamine groups is 8. The van der Waals surface area contributed by atoms with Crippen LogP contribution in [0.3, 0.4) is 0 Å². The van der Waals surface area contributed by atoms with Gasteiger partial charge in [-0.3, -0.25) is 40.1 Å². The summed E-state index contributed by atoms with van der Waals surface area (Å²) in [4.78, 5) is 48.7. The molecule has 22 heteroatoms. The Bertz CT molecular complexity index is 814. The number of carbonyl (C=O) groups excluding carboxylic acids is 4. The molecular formula is C18H28N4O18-4. The molecule has 1 rings (SSSR count). The van der Waals surface area contributed by atoms with Gasteiger partial charge < -0.3 is 70.4 Å². The van der Waals surface area contributed by atoms with Crippen molar-refractivity contribution in [2.24, 2.45) is 0 Å². The van der Waals surface area contributed by atoms with Gasteiger partial charge in [-0.1, -0.05) is 0 Å². The Morgan fingerprint density at radius 3 is 1.35 bits per heavy atom. The van der Waals surface area contributed by atoms with E-state index < -0.39 is 134 Å². The highest BCUT2D eigenvalue weighted by molar-refractivity contribution is 5.72. The highest BCUT2D eigenvalue weighted by atomic mass is 16.8. The zero-order chi connectivity index (χ0) is 30.4. The van der Waals surface area contributed by atoms with Crippen LogP contribution >= 0.6 is 0 Å². The lowest BCUT2D eigenvalue weighted by molar-refractivity contribution is -0.297. The first-order valence-corrected chi connectivity index (χ1v) is 11.3. The molecule has 0 radical (unpaired) electrons. The lowest BCUT2D eigenvalue weighted by Crippen LogP contribution is -2.62. The minimum atomic E-state index is -2.17. The average molecular weight is 588 g/mol. The Morgan fingerprint density at radius 1 is 0.600 bits per heavy atom. The Balaban J connectivity index is 3.24. The second-order valence-corrected chi connectivity index (χ2v) is 7.91. The maximum Gasteiger partial charge on any atom is 0.307 e. The zero-order valence-corrected chi connectivity index (χ0v) is 20.6. The maximum absolute atomic E-state index is 12.3. The summed E-state index contributed by atoms with van der Waals surface area (Å²) in [6.07, 6.45) is -12.6. The van der Waals surface area contributed by atoms with Gasteiger partial charge in [0.2, 0.25) is 0 Å². The van der Waals surface area contributed by atoms with Crippen LogP contribution in [-0.4, -0.2) is 134 Å². The minimum absolute atomic E-state index is 0.556. The van der Waals surface area contributed by atoms with Crippen LogP contribution in [0.25, 0.3) is 0 Å². The number of rotatable bonds is 17. The smallest absolute Gasteiger partial charge is 0.307 e. The van der Waals surface area contributed by atoms with Gasteiger partial charge in [-0.15, -0.1) is 0 Å². The molecule has 0 unspecified atom stereocenters. The van der Waals surface area contributed by atoms with E-state index in [0.29, 0.717) is 0 Å². The molecule has 22 nitrogen and oxygen atoms in total. The third-order valence-corrected chi connectivity index (χ3v) is 4.85. The van der Waals surface area contributed by atoms with Crippen molar-refractivity contribution in [3.05, 3.63) is 20.8 Å². The maximum atomic E-state index is 12.3. The molecule has 1 saturated heterocycles. The molecule has 1 heterocycles. The number of nitrogens with zero attached hydrogens (tertiary/aromatic N) is 4. The van der Waals surface area contributed by atoms with Gasteiger partial charge in [0.1, 0.15) is 12.7 Å². The predicted octanol–water partition coefficient (Wildman–Crippen LogP) is -2.70. The predicted molar refractivity (Wildman–Crippen MR) is 117 cm³/mol. The van der Waals surface area contributed by atoms with E-state index in [1.807, 2.05) is 0 Å². The molecule has 5 atom stereocenters. The number of ether oxygens (including phenoxy) is 5. The summed E-state index contributed by atoms with van der Waals surface area (Å²) >= 11 is 0. The second kappa shape index (κ2) is 17.9. The van der Waals surface area contributed by atoms with Crippen LogP contribution in [-0.2, 0) is 42.9 Å². The second-order valence-electron chi connectivity index (χ2n) is 7.91. The first kappa shape index (κ1) is 35.3. The van der Waals surface area contributed by atoms with E-state index in [9.17, 15) is 45.1 Å². The molecule has 1 fully saturated rings. The monoisotopic (exact) mass is 588 g/mol. The molecular weight excluding hydrogens is 560 g/mol. The Kier molecular flexibility index (Phi) is 15.8. The topological polar surface area (TPSA) is 321 Å². The molecule has 1 aliphatic rings. The van der Waals surface area contributed by atoms with Crippen LogP contribution in [0.1, 0.15) is 25.7 Å². The largest absolute Gasteiger partial charge is 0.762 e. The molecule has 0 aromatic rings. The minimum Gasteiger partial charge on any atom is -0.762 e. The Hall–Kier alpha value is -2.68. The molecule has 0 aromatic carbocycles. The van der Waals surface area contributed by atoms with Crippen LogP contribution in [0.15, 0.2) is 0 Å². The number of carbonyl (C=O) groups is 4. The zero-order valence-electron chi connectivity index (χ0n) is 20.6. The molecule has 0 bridgehead atoms. The van der Waals surface area contributed by atoms with Gasteiger partial charge in [0.05, 0.1) is 25.7 Å². The highest BCUT2D eigenvalue weighted by Gasteiger charge is 2.52. The molecule has 0 amide bonds. The van der Waals surface area contributed by atoms with Crippen molar-refractivity contribution < 1.29 is 68.8 Å². The van der Waals surface area contributed by atoms with Crippen LogP contribution in [0.5, 0.6) is 0 Å². The number of aliphatic hydroxyl groups excluding tert-OH is 1. The van der Waals surface area contributed by atoms with Crippen LogP contribution in [0.2, 0.25) is 0 Å². The normalized spacial score (nSPS) is 23.0. The lowest BCUT2D eigenvalue weighted by Gasteiger charge is -2.43. The number of hydrogen-bond donors (Lipinski definition) is 5. The molecule has 0 saturated carbocycles. The fourth-order valence-electron chi connectivity index (χ4n) is 3.06. The summed E-state index contributed by atoms with van der Waals surface area (Å²) in [7, 11) is 0. The van der Waals surface area contributed by atoms with Crippen molar-refractivity contribution >= 4 is 23.9 Å². The number of aliphatic hydroxyl groups is 1. The summed E-state index contributed by atoms with van der Waals surface area (Å²) in [6, 6.07) is 0. The first-order chi connectivity index (χ1) is 18.7. The van der Waals surface area contributed by atoms with E-state index in [-0.39, 0.29) is 0 Å². The van der Waals surface area contributed by atoms with Crippen molar-refractivity contribution in [2.45, 2.75) is 56.4 Å². The third-order valence-electron chi connectivity index (χ3n) is 4.85. The van der Waals surface area contributed by atoms with Gasteiger partial charge in [0.15, 0.2) is 24.6 Å². The standard InChI is InChI=1S/C18H28N4O18/c23-11(1-5-19(28)29)36-9-10-15(38-12(24)2-6-20(30)31)16(39-13(25)3-7-21(32)33)17(18(27)37-10)40-14(26)4-8-22(34)35/h10,15-18,27-28,30,32,34H,1-9H2/q-4/t10-,15-,16+,17-,18-/m1/s1. The van der Waals surface area contributed by atoms with Gasteiger partial charge in [0, 0.05) is 26.2 Å². The van der Waals surface area contributed by atoms with Crippen molar-refractivity contribution in [1.29, 1.82) is 0 Å². The molecule has 40 heavy (non-hydrogen) atoms. The fraction of sp³-hybridized carbons (Fsp3) is 0.778. The van der Waals surface area contributed by atoms with E-state index >= 15 is 0 Å². The molecule has 5 N–H and O–H groups in total. The van der Waals surface area contributed by atoms with Gasteiger partial charge >= 0.3 is 23.9 Å². The molecule has 0 aromatic heterocycles. The van der Waals surface area contributed by atoms with Gasteiger partial charge in [-0.2, -0.15) is 0 Å². The number of hydrogen-bond acceptors (Lipinski definition) is 22. The van der Waals surface area contributed by atoms with Crippen molar-refractivity contribution in [3.63, 3.8) is 0 Å². The van der Waals surface area contributed by atoms with Gasteiger partial charge in [-0.05, 0) is 0 Å². The van der Waals surface area contributed by atoms with Crippen molar-refractivity contribution in [1.82, 2.24) is 20.9 Å². The molecule has 232 valence electrons. The van der Waals surface area contributed by atoms with Crippen molar-refractivity contribution in [2.75, 3.05) is 32.8 Å². The highest BCUT2D eigenvalue weighted by Crippen LogP contribution is 2.29. The van der Waals surface area contributed by atoms with E-state index in [1.54, 1.807) is 0 Å². The summed E-state index contributed by atoms with van der Waals surface area (Å²) in [5.74, 6) is -4.80. The fourth-order valence-corrected chi connectivity index (χ4v) is 3.06. The summed E-state index contributed by atoms with van der Waals surface area (Å²) in [5.41, 5.74) is 0. The quantitative estimate of drug-likeness (QED) is 0.0655. The summed E-state index contributed by atoms with van der Waals surface area (Å²) < 4.78 is 25.4. The van der Waals surface area contributed by atoms with Crippen LogP contribution in [0, 0.1) is 20.8 Å². The lowest BCUT2D eigenvalue weighted by atomic mass is 9.98. The van der Waals surface area contributed by atoms with E-state index in [2.05, 4.69) is 0 Å². The Morgan fingerprint density at radius 2 is 0.950 bits per heavy atom. The van der Waals surface area contributed by atoms with E-state index in [1.165, 1.54) is 0 Å². The summed E-state index contributed by atoms with van der Waals surface area (Å²) in [6.45, 7) is -3.89. The summed E-state index contributed by atoms with van der Waals surface area (Å²) in [5, 5.41) is 85.6. The average Bonchev–Trinajstić information content (AvgIpc) is 2.86. The van der Waals surface area contributed by atoms with Gasteiger partial charge in [-0.25, -0.2) is 0 Å². The van der Waals surface area contributed by atoms with Crippen LogP contribution < -0.4 is 0 Å². The molecule has 0 spiro atoms.